The van der Waals surface area contributed by atoms with Gasteiger partial charge in [0.15, 0.2) is 5.01 Å². The average molecular weight is 579 g/mol. The Morgan fingerprint density at radius 2 is 1.73 bits per heavy atom. The monoisotopic (exact) mass is 578 g/mol. The van der Waals surface area contributed by atoms with Gasteiger partial charge in [-0.2, -0.15) is 0 Å². The maximum absolute atomic E-state index is 13.2. The number of aromatic nitrogens is 1. The van der Waals surface area contributed by atoms with Gasteiger partial charge in [-0.25, -0.2) is 18.5 Å². The number of thiazole rings is 1. The molecular weight excluding hydrogens is 548 g/mol. The molecule has 8 nitrogen and oxygen atoms in total. The maximum atomic E-state index is 13.2. The van der Waals surface area contributed by atoms with Crippen molar-refractivity contribution in [3.8, 4) is 21.7 Å². The van der Waals surface area contributed by atoms with Crippen molar-refractivity contribution in [2.45, 2.75) is 29.9 Å². The Labute approximate surface area is 237 Å². The quantitative estimate of drug-likeness (QED) is 0.258. The summed E-state index contributed by atoms with van der Waals surface area (Å²) >= 11 is 1.25. The lowest BCUT2D eigenvalue weighted by atomic mass is 9.85. The van der Waals surface area contributed by atoms with Crippen LogP contribution in [0.5, 0.6) is 0 Å². The van der Waals surface area contributed by atoms with E-state index < -0.39 is 10.0 Å². The number of hydrogen-bond donors (Lipinski definition) is 1. The fraction of sp³-hybridized carbons (Fsp3) is 0.267. The Bertz CT molecular complexity index is 1580. The fourth-order valence-electron chi connectivity index (χ4n) is 4.80. The summed E-state index contributed by atoms with van der Waals surface area (Å²) in [5, 5.41) is 5.57. The average Bonchev–Trinajstić information content (AvgIpc) is 3.44. The van der Waals surface area contributed by atoms with Crippen LogP contribution in [0.1, 0.15) is 33.8 Å². The first-order valence-corrected chi connectivity index (χ1v) is 15.2. The minimum atomic E-state index is -3.82. The largest absolute Gasteiger partial charge is 0.381 e. The number of ether oxygens (including phenoxy) is 3. The summed E-state index contributed by atoms with van der Waals surface area (Å²) in [6.07, 6.45) is 1.57. The van der Waals surface area contributed by atoms with Gasteiger partial charge in [-0.3, -0.25) is 4.79 Å². The third kappa shape index (κ3) is 6.22. The molecule has 1 aliphatic heterocycles. The predicted molar refractivity (Wildman–Crippen MR) is 154 cm³/mol. The molecule has 0 saturated carbocycles. The minimum Gasteiger partial charge on any atom is -0.381 e. The standard InChI is InChI=1S/C30H30N2O6S2/c1-36-30(14-16-37-17-15-30)24-9-5-6-21(18-24)19-38-20-26(33)29-32-27(22-7-3-2-4-8-22)28(39-29)23-10-12-25(13-11-23)40(31,34)35/h2-13,18H,14-17,19-20H2,1H3,(H2,31,34,35). The second kappa shape index (κ2) is 12.1. The van der Waals surface area contributed by atoms with Crippen LogP contribution in [0.3, 0.4) is 0 Å². The highest BCUT2D eigenvalue weighted by Crippen LogP contribution is 2.38. The van der Waals surface area contributed by atoms with Gasteiger partial charge in [-0.1, -0.05) is 66.7 Å². The van der Waals surface area contributed by atoms with Crippen LogP contribution in [-0.4, -0.2) is 46.1 Å². The van der Waals surface area contributed by atoms with Crippen LogP contribution in [0.4, 0.5) is 0 Å². The van der Waals surface area contributed by atoms with Gasteiger partial charge >= 0.3 is 0 Å². The first-order valence-electron chi connectivity index (χ1n) is 12.8. The van der Waals surface area contributed by atoms with Crippen molar-refractivity contribution >= 4 is 27.1 Å². The van der Waals surface area contributed by atoms with Gasteiger partial charge in [0.1, 0.15) is 6.61 Å². The molecule has 0 radical (unpaired) electrons. The summed E-state index contributed by atoms with van der Waals surface area (Å²) in [5.74, 6) is -0.233. The van der Waals surface area contributed by atoms with Crippen LogP contribution in [0.25, 0.3) is 21.7 Å². The number of carbonyl (C=O) groups is 1. The van der Waals surface area contributed by atoms with E-state index >= 15 is 0 Å². The Balaban J connectivity index is 1.33. The summed E-state index contributed by atoms with van der Waals surface area (Å²) in [6.45, 7) is 1.45. The lowest BCUT2D eigenvalue weighted by Crippen LogP contribution is -2.35. The maximum Gasteiger partial charge on any atom is 0.238 e. The molecule has 4 aromatic rings. The number of benzene rings is 3. The number of hydrogen-bond acceptors (Lipinski definition) is 8. The molecule has 5 rings (SSSR count). The van der Waals surface area contributed by atoms with Crippen LogP contribution >= 0.6 is 11.3 Å². The summed E-state index contributed by atoms with van der Waals surface area (Å²) in [6, 6.07) is 23.8. The van der Waals surface area contributed by atoms with Crippen LogP contribution in [0, 0.1) is 0 Å². The van der Waals surface area contributed by atoms with Crippen molar-refractivity contribution in [1.82, 2.24) is 4.98 Å². The molecule has 3 aromatic carbocycles. The lowest BCUT2D eigenvalue weighted by molar-refractivity contribution is -0.0948. The van der Waals surface area contributed by atoms with Crippen molar-refractivity contribution in [1.29, 1.82) is 0 Å². The molecule has 2 heterocycles. The van der Waals surface area contributed by atoms with Crippen molar-refractivity contribution in [2.75, 3.05) is 26.9 Å². The Hall–Kier alpha value is -3.25. The number of methoxy groups -OCH3 is 1. The molecule has 0 amide bonds. The topological polar surface area (TPSA) is 118 Å². The lowest BCUT2D eigenvalue weighted by Gasteiger charge is -2.36. The van der Waals surface area contributed by atoms with Gasteiger partial charge in [0.2, 0.25) is 15.8 Å². The molecule has 0 bridgehead atoms. The van der Waals surface area contributed by atoms with Crippen LogP contribution in [0.2, 0.25) is 0 Å². The van der Waals surface area contributed by atoms with Crippen molar-refractivity contribution in [2.24, 2.45) is 5.14 Å². The zero-order valence-corrected chi connectivity index (χ0v) is 23.7. The van der Waals surface area contributed by atoms with Gasteiger partial charge in [0, 0.05) is 38.7 Å². The number of nitrogens with zero attached hydrogens (tertiary/aromatic N) is 1. The molecule has 1 fully saturated rings. The molecule has 0 spiro atoms. The van der Waals surface area contributed by atoms with E-state index in [1.54, 1.807) is 19.2 Å². The van der Waals surface area contributed by atoms with Gasteiger partial charge in [-0.15, -0.1) is 11.3 Å². The fourth-order valence-corrected chi connectivity index (χ4v) is 6.33. The highest BCUT2D eigenvalue weighted by atomic mass is 32.2. The van der Waals surface area contributed by atoms with Gasteiger partial charge in [0.05, 0.1) is 27.7 Å². The Morgan fingerprint density at radius 3 is 2.40 bits per heavy atom. The van der Waals surface area contributed by atoms with E-state index in [-0.39, 0.29) is 29.5 Å². The molecule has 0 unspecified atom stereocenters. The smallest absolute Gasteiger partial charge is 0.238 e. The molecule has 10 heteroatoms. The molecular formula is C30H30N2O6S2. The second-order valence-electron chi connectivity index (χ2n) is 9.56. The van der Waals surface area contributed by atoms with Crippen LogP contribution < -0.4 is 5.14 Å². The zero-order chi connectivity index (χ0) is 28.2. The zero-order valence-electron chi connectivity index (χ0n) is 22.0. The number of sulfonamides is 1. The van der Waals surface area contributed by atoms with E-state index in [1.807, 2.05) is 42.5 Å². The molecule has 40 heavy (non-hydrogen) atoms. The normalized spacial score (nSPS) is 15.2. The van der Waals surface area contributed by atoms with Crippen LogP contribution in [0.15, 0.2) is 83.8 Å². The predicted octanol–water partition coefficient (Wildman–Crippen LogP) is 5.18. The third-order valence-corrected chi connectivity index (χ3v) is 9.08. The number of Topliss-reactive ketones (excluding diaryl/α,β-unsaturated/α-hetero) is 1. The molecule has 1 aliphatic rings. The van der Waals surface area contributed by atoms with Crippen LogP contribution in [-0.2, 0) is 36.4 Å². The van der Waals surface area contributed by atoms with Crippen molar-refractivity contribution in [3.63, 3.8) is 0 Å². The van der Waals surface area contributed by atoms with Gasteiger partial charge in [-0.05, 0) is 28.8 Å². The highest BCUT2D eigenvalue weighted by Gasteiger charge is 2.34. The Morgan fingerprint density at radius 1 is 1.00 bits per heavy atom. The number of carbonyl (C=O) groups excluding carboxylic acids is 1. The van der Waals surface area contributed by atoms with E-state index in [2.05, 4.69) is 17.1 Å². The number of ketones is 1. The number of nitrogens with two attached hydrogens (primary N) is 1. The first kappa shape index (κ1) is 28.3. The van der Waals surface area contributed by atoms with Gasteiger partial charge < -0.3 is 14.2 Å². The van der Waals surface area contributed by atoms with Crippen molar-refractivity contribution in [3.05, 3.63) is 95.0 Å². The molecule has 0 atom stereocenters. The van der Waals surface area contributed by atoms with Gasteiger partial charge in [0.25, 0.3) is 0 Å². The summed E-state index contributed by atoms with van der Waals surface area (Å²) in [5.41, 5.74) is 3.89. The number of rotatable bonds is 10. The molecule has 2 N–H and O–H groups in total. The molecule has 1 aromatic heterocycles. The second-order valence-corrected chi connectivity index (χ2v) is 12.1. The van der Waals surface area contributed by atoms with E-state index in [4.69, 9.17) is 19.3 Å². The summed E-state index contributed by atoms with van der Waals surface area (Å²) in [7, 11) is -2.09. The van der Waals surface area contributed by atoms with E-state index in [0.29, 0.717) is 23.9 Å². The minimum absolute atomic E-state index is 0.0176. The summed E-state index contributed by atoms with van der Waals surface area (Å²) in [4.78, 5) is 18.6. The molecule has 0 aliphatic carbocycles. The highest BCUT2D eigenvalue weighted by molar-refractivity contribution is 7.89. The van der Waals surface area contributed by atoms with Crippen molar-refractivity contribution < 1.29 is 27.4 Å². The SMILES string of the molecule is COC1(c2cccc(COCC(=O)c3nc(-c4ccccc4)c(-c4ccc(S(N)(=O)=O)cc4)s3)c2)CCOCC1. The summed E-state index contributed by atoms with van der Waals surface area (Å²) < 4.78 is 40.6. The Kier molecular flexibility index (Phi) is 8.55. The van der Waals surface area contributed by atoms with E-state index in [9.17, 15) is 13.2 Å². The van der Waals surface area contributed by atoms with E-state index in [0.717, 1.165) is 40.0 Å². The molecule has 208 valence electrons. The first-order chi connectivity index (χ1) is 19.3. The molecule has 1 saturated heterocycles. The third-order valence-electron chi connectivity index (χ3n) is 7.00. The van der Waals surface area contributed by atoms with E-state index in [1.165, 1.54) is 23.5 Å². The number of primary sulfonamides is 1.